The molecule has 0 aliphatic carbocycles. The molecule has 0 spiro atoms. The van der Waals surface area contributed by atoms with E-state index in [9.17, 15) is 9.90 Å². The smallest absolute Gasteiger partial charge is 0.258 e. The molecule has 0 aromatic heterocycles. The van der Waals surface area contributed by atoms with E-state index in [2.05, 4.69) is 26.1 Å². The molecule has 2 N–H and O–H groups in total. The van der Waals surface area contributed by atoms with E-state index in [4.69, 9.17) is 9.47 Å². The second-order valence-electron chi connectivity index (χ2n) is 7.16. The van der Waals surface area contributed by atoms with Crippen LogP contribution < -0.4 is 14.8 Å². The molecular weight excluding hydrogens is 330 g/mol. The molecule has 1 atom stereocenters. The number of hydrogen-bond donors (Lipinski definition) is 2. The quantitative estimate of drug-likeness (QED) is 0.798. The Kier molecular flexibility index (Phi) is 6.64. The Morgan fingerprint density at radius 2 is 1.62 bits per heavy atom. The first kappa shape index (κ1) is 19.8. The molecule has 26 heavy (non-hydrogen) atoms. The van der Waals surface area contributed by atoms with Crippen LogP contribution in [0.15, 0.2) is 48.5 Å². The Hall–Kier alpha value is -2.53. The third-order valence-corrected chi connectivity index (χ3v) is 4.08. The SMILES string of the molecule is COc1ccc(C(O)CNC(=O)COc2ccc(C(C)(C)C)cc2)cc1. The van der Waals surface area contributed by atoms with E-state index in [-0.39, 0.29) is 24.5 Å². The highest BCUT2D eigenvalue weighted by molar-refractivity contribution is 5.77. The number of aliphatic hydroxyl groups excluding tert-OH is 1. The van der Waals surface area contributed by atoms with Crippen LogP contribution in [-0.2, 0) is 10.2 Å². The van der Waals surface area contributed by atoms with Gasteiger partial charge in [-0.1, -0.05) is 45.0 Å². The molecule has 0 saturated carbocycles. The fourth-order valence-corrected chi connectivity index (χ4v) is 2.41. The van der Waals surface area contributed by atoms with Gasteiger partial charge in [0.2, 0.25) is 0 Å². The summed E-state index contributed by atoms with van der Waals surface area (Å²) in [6, 6.07) is 14.8. The third-order valence-electron chi connectivity index (χ3n) is 4.08. The van der Waals surface area contributed by atoms with Gasteiger partial charge in [0.15, 0.2) is 6.61 Å². The number of hydrogen-bond acceptors (Lipinski definition) is 4. The molecule has 0 radical (unpaired) electrons. The Morgan fingerprint density at radius 3 is 2.15 bits per heavy atom. The summed E-state index contributed by atoms with van der Waals surface area (Å²) in [5.74, 6) is 1.08. The lowest BCUT2D eigenvalue weighted by atomic mass is 9.87. The minimum absolute atomic E-state index is 0.0769. The number of amides is 1. The van der Waals surface area contributed by atoms with E-state index in [1.807, 2.05) is 24.3 Å². The lowest BCUT2D eigenvalue weighted by Crippen LogP contribution is -2.32. The van der Waals surface area contributed by atoms with E-state index in [1.54, 1.807) is 31.4 Å². The van der Waals surface area contributed by atoms with Crippen molar-refractivity contribution >= 4 is 5.91 Å². The molecular formula is C21H27NO4. The zero-order valence-corrected chi connectivity index (χ0v) is 15.8. The van der Waals surface area contributed by atoms with Gasteiger partial charge in [0.05, 0.1) is 13.2 Å². The van der Waals surface area contributed by atoms with Crippen molar-refractivity contribution in [3.8, 4) is 11.5 Å². The van der Waals surface area contributed by atoms with Crippen molar-refractivity contribution in [2.75, 3.05) is 20.3 Å². The van der Waals surface area contributed by atoms with Gasteiger partial charge in [0, 0.05) is 6.54 Å². The normalized spacial score (nSPS) is 12.3. The van der Waals surface area contributed by atoms with Crippen molar-refractivity contribution in [2.45, 2.75) is 32.3 Å². The summed E-state index contributed by atoms with van der Waals surface area (Å²) in [5.41, 5.74) is 2.00. The van der Waals surface area contributed by atoms with Gasteiger partial charge >= 0.3 is 0 Å². The zero-order chi connectivity index (χ0) is 19.2. The van der Waals surface area contributed by atoms with Crippen LogP contribution >= 0.6 is 0 Å². The van der Waals surface area contributed by atoms with Crippen LogP contribution in [0.4, 0.5) is 0 Å². The highest BCUT2D eigenvalue weighted by Crippen LogP contribution is 2.24. The number of rotatable bonds is 7. The second-order valence-corrected chi connectivity index (χ2v) is 7.16. The average Bonchev–Trinajstić information content (AvgIpc) is 2.64. The van der Waals surface area contributed by atoms with Crippen LogP contribution in [0.25, 0.3) is 0 Å². The minimum Gasteiger partial charge on any atom is -0.497 e. The maximum Gasteiger partial charge on any atom is 0.258 e. The molecule has 0 aliphatic heterocycles. The summed E-state index contributed by atoms with van der Waals surface area (Å²) in [5, 5.41) is 12.8. The van der Waals surface area contributed by atoms with E-state index < -0.39 is 6.10 Å². The predicted molar refractivity (Wildman–Crippen MR) is 102 cm³/mol. The first-order valence-electron chi connectivity index (χ1n) is 8.61. The van der Waals surface area contributed by atoms with Crippen molar-refractivity contribution in [1.29, 1.82) is 0 Å². The van der Waals surface area contributed by atoms with E-state index in [0.29, 0.717) is 11.3 Å². The molecule has 0 heterocycles. The van der Waals surface area contributed by atoms with Crippen molar-refractivity contribution in [3.63, 3.8) is 0 Å². The predicted octanol–water partition coefficient (Wildman–Crippen LogP) is 3.22. The number of benzene rings is 2. The zero-order valence-electron chi connectivity index (χ0n) is 15.8. The lowest BCUT2D eigenvalue weighted by molar-refractivity contribution is -0.123. The summed E-state index contributed by atoms with van der Waals surface area (Å²) in [6.07, 6.45) is -0.782. The summed E-state index contributed by atoms with van der Waals surface area (Å²) in [6.45, 7) is 6.46. The largest absolute Gasteiger partial charge is 0.497 e. The minimum atomic E-state index is -0.782. The molecule has 2 aromatic rings. The van der Waals surface area contributed by atoms with Gasteiger partial charge in [0.1, 0.15) is 11.5 Å². The van der Waals surface area contributed by atoms with Crippen molar-refractivity contribution in [3.05, 3.63) is 59.7 Å². The second kappa shape index (κ2) is 8.72. The molecule has 5 heteroatoms. The Balaban J connectivity index is 1.77. The van der Waals surface area contributed by atoms with E-state index in [1.165, 1.54) is 5.56 Å². The summed E-state index contributed by atoms with van der Waals surface area (Å²) >= 11 is 0. The number of methoxy groups -OCH3 is 1. The standard InChI is InChI=1S/C21H27NO4/c1-21(2,3)16-7-11-18(12-8-16)26-14-20(24)22-13-19(23)15-5-9-17(25-4)10-6-15/h5-12,19,23H,13-14H2,1-4H3,(H,22,24). The maximum absolute atomic E-state index is 11.9. The highest BCUT2D eigenvalue weighted by atomic mass is 16.5. The van der Waals surface area contributed by atoms with Gasteiger partial charge in [-0.05, 0) is 40.8 Å². The van der Waals surface area contributed by atoms with Gasteiger partial charge in [-0.15, -0.1) is 0 Å². The third kappa shape index (κ3) is 5.77. The fourth-order valence-electron chi connectivity index (χ4n) is 2.41. The number of aliphatic hydroxyl groups is 1. The molecule has 2 rings (SSSR count). The average molecular weight is 357 g/mol. The molecule has 1 amide bonds. The number of carbonyl (C=O) groups is 1. The van der Waals surface area contributed by atoms with Gasteiger partial charge in [-0.25, -0.2) is 0 Å². The number of carbonyl (C=O) groups excluding carboxylic acids is 1. The first-order chi connectivity index (χ1) is 12.3. The van der Waals surface area contributed by atoms with Crippen LogP contribution in [-0.4, -0.2) is 31.3 Å². The van der Waals surface area contributed by atoms with Crippen LogP contribution in [0, 0.1) is 0 Å². The Bertz CT molecular complexity index is 702. The maximum atomic E-state index is 11.9. The van der Waals surface area contributed by atoms with Gasteiger partial charge in [-0.2, -0.15) is 0 Å². The van der Waals surface area contributed by atoms with Crippen LogP contribution in [0.5, 0.6) is 11.5 Å². The van der Waals surface area contributed by atoms with E-state index in [0.717, 1.165) is 5.75 Å². The Morgan fingerprint density at radius 1 is 1.04 bits per heavy atom. The molecule has 2 aromatic carbocycles. The van der Waals surface area contributed by atoms with Crippen LogP contribution in [0.3, 0.4) is 0 Å². The first-order valence-corrected chi connectivity index (χ1v) is 8.61. The van der Waals surface area contributed by atoms with E-state index >= 15 is 0 Å². The number of ether oxygens (including phenoxy) is 2. The van der Waals surface area contributed by atoms with Gasteiger partial charge in [0.25, 0.3) is 5.91 Å². The molecule has 0 aliphatic rings. The molecule has 0 saturated heterocycles. The molecule has 0 fully saturated rings. The van der Waals surface area contributed by atoms with Crippen molar-refractivity contribution in [2.24, 2.45) is 0 Å². The monoisotopic (exact) mass is 357 g/mol. The van der Waals surface area contributed by atoms with Crippen LogP contribution in [0.1, 0.15) is 38.0 Å². The lowest BCUT2D eigenvalue weighted by Gasteiger charge is -2.19. The highest BCUT2D eigenvalue weighted by Gasteiger charge is 2.13. The molecule has 0 bridgehead atoms. The van der Waals surface area contributed by atoms with Crippen molar-refractivity contribution < 1.29 is 19.4 Å². The summed E-state index contributed by atoms with van der Waals surface area (Å²) in [7, 11) is 1.59. The Labute approximate surface area is 155 Å². The summed E-state index contributed by atoms with van der Waals surface area (Å²) in [4.78, 5) is 11.9. The summed E-state index contributed by atoms with van der Waals surface area (Å²) < 4.78 is 10.6. The van der Waals surface area contributed by atoms with Crippen LogP contribution in [0.2, 0.25) is 0 Å². The number of nitrogens with one attached hydrogen (secondary N) is 1. The fraction of sp³-hybridized carbons (Fsp3) is 0.381. The van der Waals surface area contributed by atoms with Gasteiger partial charge in [-0.3, -0.25) is 4.79 Å². The molecule has 1 unspecified atom stereocenters. The topological polar surface area (TPSA) is 67.8 Å². The van der Waals surface area contributed by atoms with Gasteiger partial charge < -0.3 is 19.9 Å². The van der Waals surface area contributed by atoms with Crippen molar-refractivity contribution in [1.82, 2.24) is 5.32 Å². The molecule has 5 nitrogen and oxygen atoms in total. The molecule has 140 valence electrons.